The molecule has 108 valence electrons. The van der Waals surface area contributed by atoms with Crippen LogP contribution in [0.2, 0.25) is 0 Å². The van der Waals surface area contributed by atoms with Gasteiger partial charge in [-0.15, -0.1) is 5.75 Å². The zero-order valence-electron chi connectivity index (χ0n) is 10.8. The highest BCUT2D eigenvalue weighted by Crippen LogP contribution is 2.20. The second-order valence-corrected chi connectivity index (χ2v) is 5.28. The van der Waals surface area contributed by atoms with E-state index < -0.39 is 11.7 Å². The van der Waals surface area contributed by atoms with Gasteiger partial charge in [-0.3, -0.25) is 4.79 Å². The quantitative estimate of drug-likeness (QED) is 0.887. The van der Waals surface area contributed by atoms with Crippen LogP contribution in [0.25, 0.3) is 0 Å². The summed E-state index contributed by atoms with van der Waals surface area (Å²) in [4.78, 5) is 23.0. The van der Waals surface area contributed by atoms with E-state index >= 15 is 0 Å². The van der Waals surface area contributed by atoms with Gasteiger partial charge >= 0.3 is 5.97 Å². The van der Waals surface area contributed by atoms with Gasteiger partial charge in [-0.1, -0.05) is 40.2 Å². The Kier molecular flexibility index (Phi) is 4.59. The number of carbonyl (C=O) groups excluding carboxylic acids is 1. The molecular weight excluding hydrogens is 338 g/mol. The van der Waals surface area contributed by atoms with E-state index in [9.17, 15) is 14.7 Å². The first-order valence-corrected chi connectivity index (χ1v) is 6.83. The van der Waals surface area contributed by atoms with Gasteiger partial charge < -0.3 is 15.5 Å². The van der Waals surface area contributed by atoms with Crippen LogP contribution in [0.5, 0.6) is 5.75 Å². The molecule has 0 fully saturated rings. The Morgan fingerprint density at radius 3 is 2.43 bits per heavy atom. The van der Waals surface area contributed by atoms with E-state index in [-0.39, 0.29) is 23.6 Å². The van der Waals surface area contributed by atoms with Crippen LogP contribution in [0.1, 0.15) is 15.9 Å². The zero-order valence-corrected chi connectivity index (χ0v) is 12.4. The maximum Gasteiger partial charge on any atom is 0.337 e. The van der Waals surface area contributed by atoms with Crippen LogP contribution in [-0.2, 0) is 11.2 Å². The second kappa shape index (κ2) is 6.41. The second-order valence-electron chi connectivity index (χ2n) is 4.36. The van der Waals surface area contributed by atoms with Crippen LogP contribution in [0.4, 0.5) is 5.69 Å². The van der Waals surface area contributed by atoms with Gasteiger partial charge in [0, 0.05) is 4.47 Å². The Balaban J connectivity index is 2.12. The number of rotatable bonds is 4. The number of carboxylic acids is 1. The Morgan fingerprint density at radius 1 is 1.14 bits per heavy atom. The summed E-state index contributed by atoms with van der Waals surface area (Å²) >= 11 is 3.30. The molecule has 0 bridgehead atoms. The van der Waals surface area contributed by atoms with Crippen molar-refractivity contribution in [1.29, 1.82) is 0 Å². The van der Waals surface area contributed by atoms with Crippen molar-refractivity contribution in [1.82, 2.24) is 0 Å². The maximum absolute atomic E-state index is 11.9. The molecule has 2 N–H and O–H groups in total. The highest BCUT2D eigenvalue weighted by Gasteiger charge is 2.12. The normalized spacial score (nSPS) is 10.1. The number of aromatic carboxylic acids is 1. The first-order valence-electron chi connectivity index (χ1n) is 6.04. The summed E-state index contributed by atoms with van der Waals surface area (Å²) in [7, 11) is 0. The van der Waals surface area contributed by atoms with E-state index in [4.69, 9.17) is 5.11 Å². The average Bonchev–Trinajstić information content (AvgIpc) is 2.43. The van der Waals surface area contributed by atoms with Crippen molar-refractivity contribution in [3.8, 4) is 5.75 Å². The fourth-order valence-electron chi connectivity index (χ4n) is 1.79. The minimum Gasteiger partial charge on any atom is -0.872 e. The molecule has 0 aromatic heterocycles. The van der Waals surface area contributed by atoms with E-state index in [1.54, 1.807) is 12.1 Å². The van der Waals surface area contributed by atoms with Crippen molar-refractivity contribution in [3.63, 3.8) is 0 Å². The van der Waals surface area contributed by atoms with Crippen molar-refractivity contribution in [2.75, 3.05) is 5.32 Å². The zero-order chi connectivity index (χ0) is 15.4. The molecule has 5 nitrogen and oxygen atoms in total. The molecular formula is C15H11BrNO4-. The number of hydrogen-bond acceptors (Lipinski definition) is 3. The number of hydrogen-bond donors (Lipinski definition) is 2. The number of nitrogens with one attached hydrogen (secondary N) is 1. The summed E-state index contributed by atoms with van der Waals surface area (Å²) in [5.74, 6) is -2.02. The van der Waals surface area contributed by atoms with Crippen LogP contribution < -0.4 is 10.4 Å². The summed E-state index contributed by atoms with van der Waals surface area (Å²) in [6, 6.07) is 10.7. The van der Waals surface area contributed by atoms with Gasteiger partial charge in [-0.25, -0.2) is 4.79 Å². The molecule has 0 aliphatic rings. The Labute approximate surface area is 129 Å². The van der Waals surface area contributed by atoms with Gasteiger partial charge in [-0.2, -0.15) is 0 Å². The molecule has 0 aliphatic carbocycles. The molecule has 0 unspecified atom stereocenters. The Hall–Kier alpha value is -2.34. The molecule has 2 rings (SSSR count). The van der Waals surface area contributed by atoms with Crippen LogP contribution >= 0.6 is 15.9 Å². The number of carbonyl (C=O) groups is 2. The lowest BCUT2D eigenvalue weighted by Gasteiger charge is -2.12. The summed E-state index contributed by atoms with van der Waals surface area (Å²) < 4.78 is 0.908. The lowest BCUT2D eigenvalue weighted by atomic mass is 10.1. The molecule has 0 aliphatic heterocycles. The van der Waals surface area contributed by atoms with Gasteiger partial charge in [0.15, 0.2) is 0 Å². The van der Waals surface area contributed by atoms with Gasteiger partial charge in [0.05, 0.1) is 17.7 Å². The van der Waals surface area contributed by atoms with E-state index in [1.807, 2.05) is 12.1 Å². The molecule has 0 saturated heterocycles. The molecule has 0 radical (unpaired) electrons. The van der Waals surface area contributed by atoms with Gasteiger partial charge in [0.2, 0.25) is 5.91 Å². The average molecular weight is 349 g/mol. The molecule has 2 aromatic carbocycles. The fraction of sp³-hybridized carbons (Fsp3) is 0.0667. The van der Waals surface area contributed by atoms with E-state index in [1.165, 1.54) is 12.1 Å². The highest BCUT2D eigenvalue weighted by molar-refractivity contribution is 9.10. The third-order valence-corrected chi connectivity index (χ3v) is 3.30. The van der Waals surface area contributed by atoms with E-state index in [0.717, 1.165) is 16.1 Å². The summed E-state index contributed by atoms with van der Waals surface area (Å²) in [6.07, 6.45) is 0.117. The van der Waals surface area contributed by atoms with Crippen LogP contribution in [0.15, 0.2) is 46.9 Å². The fourth-order valence-corrected chi connectivity index (χ4v) is 2.06. The van der Waals surface area contributed by atoms with Crippen LogP contribution in [0, 0.1) is 0 Å². The minimum absolute atomic E-state index is 0.115. The number of anilines is 1. The van der Waals surface area contributed by atoms with Crippen LogP contribution in [-0.4, -0.2) is 17.0 Å². The molecule has 0 atom stereocenters. The predicted octanol–water partition coefficient (Wildman–Crippen LogP) is 2.40. The van der Waals surface area contributed by atoms with Gasteiger partial charge in [-0.05, 0) is 23.8 Å². The largest absolute Gasteiger partial charge is 0.872 e. The number of carboxylic acid groups (broad SMARTS) is 1. The SMILES string of the molecule is O=C(Cc1ccc(Br)cc1)Nc1ccc([O-])cc1C(=O)O. The highest BCUT2D eigenvalue weighted by atomic mass is 79.9. The standard InChI is InChI=1S/C15H12BrNO4/c16-10-3-1-9(2-4-10)7-14(19)17-13-6-5-11(18)8-12(13)15(20)21/h1-6,8,18H,7H2,(H,17,19)(H,20,21)/p-1. The summed E-state index contributed by atoms with van der Waals surface area (Å²) in [6.45, 7) is 0. The van der Waals surface area contributed by atoms with Crippen molar-refractivity contribution in [3.05, 3.63) is 58.1 Å². The van der Waals surface area contributed by atoms with Crippen molar-refractivity contribution in [2.45, 2.75) is 6.42 Å². The Morgan fingerprint density at radius 2 is 1.81 bits per heavy atom. The lowest BCUT2D eigenvalue weighted by Crippen LogP contribution is -2.17. The van der Waals surface area contributed by atoms with E-state index in [2.05, 4.69) is 21.2 Å². The third-order valence-electron chi connectivity index (χ3n) is 2.77. The van der Waals surface area contributed by atoms with Crippen molar-refractivity contribution in [2.24, 2.45) is 0 Å². The molecule has 21 heavy (non-hydrogen) atoms. The molecule has 2 aromatic rings. The maximum atomic E-state index is 11.9. The topological polar surface area (TPSA) is 89.5 Å². The smallest absolute Gasteiger partial charge is 0.337 e. The first kappa shape index (κ1) is 15.1. The first-order chi connectivity index (χ1) is 9.95. The third kappa shape index (κ3) is 4.06. The van der Waals surface area contributed by atoms with Gasteiger partial charge in [0.1, 0.15) is 0 Å². The lowest BCUT2D eigenvalue weighted by molar-refractivity contribution is -0.268. The summed E-state index contributed by atoms with van der Waals surface area (Å²) in [5, 5.41) is 22.7. The van der Waals surface area contributed by atoms with E-state index in [0.29, 0.717) is 0 Å². The van der Waals surface area contributed by atoms with Crippen molar-refractivity contribution < 1.29 is 19.8 Å². The molecule has 0 heterocycles. The molecule has 0 spiro atoms. The van der Waals surface area contributed by atoms with Crippen LogP contribution in [0.3, 0.4) is 0 Å². The Bertz CT molecular complexity index is 683. The monoisotopic (exact) mass is 348 g/mol. The van der Waals surface area contributed by atoms with Gasteiger partial charge in [0.25, 0.3) is 0 Å². The minimum atomic E-state index is -1.26. The number of benzene rings is 2. The number of amides is 1. The molecule has 6 heteroatoms. The molecule has 0 saturated carbocycles. The molecule has 1 amide bonds. The number of halogens is 1. The van der Waals surface area contributed by atoms with Crippen molar-refractivity contribution >= 4 is 33.5 Å². The predicted molar refractivity (Wildman–Crippen MR) is 79.3 cm³/mol. The summed E-state index contributed by atoms with van der Waals surface area (Å²) in [5.41, 5.74) is 0.698.